The van der Waals surface area contributed by atoms with Crippen LogP contribution in [0.1, 0.15) is 16.1 Å². The van der Waals surface area contributed by atoms with Crippen molar-refractivity contribution in [2.75, 3.05) is 0 Å². The number of halogens is 1. The van der Waals surface area contributed by atoms with Crippen molar-refractivity contribution in [3.05, 3.63) is 46.7 Å². The van der Waals surface area contributed by atoms with Gasteiger partial charge in [0.05, 0.1) is 11.9 Å². The minimum atomic E-state index is 0.514. The van der Waals surface area contributed by atoms with Crippen LogP contribution in [0.3, 0.4) is 0 Å². The number of aromatic nitrogens is 2. The first kappa shape index (κ1) is 9.93. The van der Waals surface area contributed by atoms with Crippen molar-refractivity contribution < 1.29 is 4.79 Å². The van der Waals surface area contributed by atoms with Gasteiger partial charge in [0.1, 0.15) is 5.69 Å². The number of hydrogen-bond donors (Lipinski definition) is 0. The van der Waals surface area contributed by atoms with Gasteiger partial charge in [-0.1, -0.05) is 17.7 Å². The van der Waals surface area contributed by atoms with Crippen molar-refractivity contribution in [3.8, 4) is 5.69 Å². The molecule has 0 radical (unpaired) electrons. The van der Waals surface area contributed by atoms with E-state index in [9.17, 15) is 4.79 Å². The highest BCUT2D eigenvalue weighted by atomic mass is 35.5. The molecule has 15 heavy (non-hydrogen) atoms. The van der Waals surface area contributed by atoms with Gasteiger partial charge in [0.15, 0.2) is 6.29 Å². The molecule has 0 N–H and O–H groups in total. The molecular weight excluding hydrogens is 212 g/mol. The molecule has 0 bridgehead atoms. The molecule has 3 nitrogen and oxygen atoms in total. The number of benzene rings is 1. The van der Waals surface area contributed by atoms with Crippen LogP contribution in [0.5, 0.6) is 0 Å². The Bertz CT molecular complexity index is 505. The molecule has 4 heteroatoms. The maximum atomic E-state index is 10.8. The van der Waals surface area contributed by atoms with Crippen molar-refractivity contribution >= 4 is 17.9 Å². The van der Waals surface area contributed by atoms with E-state index < -0.39 is 0 Å². The summed E-state index contributed by atoms with van der Waals surface area (Å²) in [5.74, 6) is 0. The molecule has 0 amide bonds. The molecule has 1 heterocycles. The monoisotopic (exact) mass is 220 g/mol. The zero-order valence-corrected chi connectivity index (χ0v) is 8.90. The molecule has 0 spiro atoms. The second kappa shape index (κ2) is 3.87. The van der Waals surface area contributed by atoms with Gasteiger partial charge >= 0.3 is 0 Å². The molecule has 0 saturated heterocycles. The molecule has 0 aliphatic heterocycles. The smallest absolute Gasteiger partial charge is 0.168 e. The highest BCUT2D eigenvalue weighted by Crippen LogP contribution is 2.19. The first-order chi connectivity index (χ1) is 7.22. The van der Waals surface area contributed by atoms with Crippen LogP contribution in [0.15, 0.2) is 30.5 Å². The maximum absolute atomic E-state index is 10.8. The first-order valence-electron chi connectivity index (χ1n) is 4.48. The lowest BCUT2D eigenvalue weighted by molar-refractivity contribution is 0.111. The Morgan fingerprint density at radius 3 is 2.93 bits per heavy atom. The van der Waals surface area contributed by atoms with Crippen molar-refractivity contribution in [2.24, 2.45) is 0 Å². The summed E-state index contributed by atoms with van der Waals surface area (Å²) in [4.78, 5) is 10.8. The summed E-state index contributed by atoms with van der Waals surface area (Å²) in [6, 6.07) is 7.16. The SMILES string of the molecule is Cc1ccc(Cl)cc1-n1nccc1C=O. The second-order valence-corrected chi connectivity index (χ2v) is 3.65. The van der Waals surface area contributed by atoms with E-state index in [0.29, 0.717) is 10.7 Å². The fourth-order valence-corrected chi connectivity index (χ4v) is 1.58. The van der Waals surface area contributed by atoms with Crippen LogP contribution < -0.4 is 0 Å². The number of aryl methyl sites for hydroxylation is 1. The number of carbonyl (C=O) groups is 1. The Hall–Kier alpha value is -1.61. The van der Waals surface area contributed by atoms with E-state index in [4.69, 9.17) is 11.6 Å². The minimum absolute atomic E-state index is 0.514. The summed E-state index contributed by atoms with van der Waals surface area (Å²) in [5.41, 5.74) is 2.36. The van der Waals surface area contributed by atoms with Gasteiger partial charge in [-0.05, 0) is 30.7 Å². The van der Waals surface area contributed by atoms with E-state index in [-0.39, 0.29) is 0 Å². The topological polar surface area (TPSA) is 34.9 Å². The third-order valence-corrected chi connectivity index (χ3v) is 2.43. The third-order valence-electron chi connectivity index (χ3n) is 2.19. The largest absolute Gasteiger partial charge is 0.296 e. The van der Waals surface area contributed by atoms with Crippen LogP contribution in [0, 0.1) is 6.92 Å². The Morgan fingerprint density at radius 2 is 2.20 bits per heavy atom. The number of carbonyl (C=O) groups excluding carboxylic acids is 1. The lowest BCUT2D eigenvalue weighted by Gasteiger charge is -2.07. The molecule has 0 unspecified atom stereocenters. The average Bonchev–Trinajstić information content (AvgIpc) is 2.69. The molecule has 76 valence electrons. The van der Waals surface area contributed by atoms with Crippen molar-refractivity contribution in [1.82, 2.24) is 9.78 Å². The summed E-state index contributed by atoms with van der Waals surface area (Å²) in [7, 11) is 0. The average molecular weight is 221 g/mol. The van der Waals surface area contributed by atoms with Gasteiger partial charge in [0.2, 0.25) is 0 Å². The zero-order valence-electron chi connectivity index (χ0n) is 8.14. The lowest BCUT2D eigenvalue weighted by atomic mass is 10.2. The molecule has 0 atom stereocenters. The minimum Gasteiger partial charge on any atom is -0.296 e. The maximum Gasteiger partial charge on any atom is 0.168 e. The Kier molecular flexibility index (Phi) is 2.56. The standard InChI is InChI=1S/C11H9ClN2O/c1-8-2-3-9(12)6-11(8)14-10(7-15)4-5-13-14/h2-7H,1H3. The molecule has 2 rings (SSSR count). The second-order valence-electron chi connectivity index (χ2n) is 3.22. The fourth-order valence-electron chi connectivity index (χ4n) is 1.41. The molecular formula is C11H9ClN2O. The summed E-state index contributed by atoms with van der Waals surface area (Å²) in [6.07, 6.45) is 2.36. The van der Waals surface area contributed by atoms with E-state index in [1.54, 1.807) is 23.0 Å². The van der Waals surface area contributed by atoms with Gasteiger partial charge in [0, 0.05) is 5.02 Å². The number of rotatable bonds is 2. The van der Waals surface area contributed by atoms with E-state index in [0.717, 1.165) is 17.5 Å². The summed E-state index contributed by atoms with van der Waals surface area (Å²) in [5, 5.41) is 4.71. The van der Waals surface area contributed by atoms with Gasteiger partial charge in [-0.25, -0.2) is 4.68 Å². The van der Waals surface area contributed by atoms with Crippen LogP contribution in [-0.2, 0) is 0 Å². The molecule has 0 fully saturated rings. The zero-order chi connectivity index (χ0) is 10.8. The van der Waals surface area contributed by atoms with E-state index in [2.05, 4.69) is 5.10 Å². The quantitative estimate of drug-likeness (QED) is 0.730. The summed E-state index contributed by atoms with van der Waals surface area (Å²) in [6.45, 7) is 1.95. The van der Waals surface area contributed by atoms with Crippen LogP contribution in [0.2, 0.25) is 5.02 Å². The number of hydrogen-bond acceptors (Lipinski definition) is 2. The van der Waals surface area contributed by atoms with E-state index >= 15 is 0 Å². The number of aldehydes is 1. The third kappa shape index (κ3) is 1.78. The van der Waals surface area contributed by atoms with Gasteiger partial charge in [0.25, 0.3) is 0 Å². The summed E-state index contributed by atoms with van der Waals surface area (Å²) >= 11 is 5.90. The van der Waals surface area contributed by atoms with Crippen LogP contribution >= 0.6 is 11.6 Å². The highest BCUT2D eigenvalue weighted by molar-refractivity contribution is 6.30. The Labute approximate surface area is 92.3 Å². The van der Waals surface area contributed by atoms with Crippen LogP contribution in [0.4, 0.5) is 0 Å². The molecule has 0 aliphatic rings. The predicted octanol–water partition coefficient (Wildman–Crippen LogP) is 2.65. The fraction of sp³-hybridized carbons (Fsp3) is 0.0909. The van der Waals surface area contributed by atoms with Gasteiger partial charge in [-0.3, -0.25) is 4.79 Å². The van der Waals surface area contributed by atoms with Crippen molar-refractivity contribution in [2.45, 2.75) is 6.92 Å². The molecule has 0 saturated carbocycles. The Morgan fingerprint density at radius 1 is 1.40 bits per heavy atom. The van der Waals surface area contributed by atoms with E-state index in [1.165, 1.54) is 0 Å². The molecule has 0 aliphatic carbocycles. The van der Waals surface area contributed by atoms with Gasteiger partial charge in [-0.2, -0.15) is 5.10 Å². The molecule has 1 aromatic heterocycles. The van der Waals surface area contributed by atoms with Crippen LogP contribution in [0.25, 0.3) is 5.69 Å². The Balaban J connectivity index is 2.62. The molecule has 2 aromatic rings. The first-order valence-corrected chi connectivity index (χ1v) is 4.86. The molecule has 1 aromatic carbocycles. The van der Waals surface area contributed by atoms with Gasteiger partial charge < -0.3 is 0 Å². The number of nitrogens with zero attached hydrogens (tertiary/aromatic N) is 2. The predicted molar refractivity (Wildman–Crippen MR) is 58.7 cm³/mol. The lowest BCUT2D eigenvalue weighted by Crippen LogP contribution is -2.02. The van der Waals surface area contributed by atoms with Crippen LogP contribution in [-0.4, -0.2) is 16.1 Å². The van der Waals surface area contributed by atoms with Gasteiger partial charge in [-0.15, -0.1) is 0 Å². The highest BCUT2D eigenvalue weighted by Gasteiger charge is 2.06. The summed E-state index contributed by atoms with van der Waals surface area (Å²) < 4.78 is 1.58. The van der Waals surface area contributed by atoms with Crippen molar-refractivity contribution in [1.29, 1.82) is 0 Å². The van der Waals surface area contributed by atoms with Crippen molar-refractivity contribution in [3.63, 3.8) is 0 Å². The van der Waals surface area contributed by atoms with E-state index in [1.807, 2.05) is 19.1 Å². The normalized spacial score (nSPS) is 10.3.